The molecule has 2 aliphatic heterocycles. The number of allylic oxidation sites excluding steroid dienone is 4. The van der Waals surface area contributed by atoms with Crippen molar-refractivity contribution in [3.8, 4) is 0 Å². The summed E-state index contributed by atoms with van der Waals surface area (Å²) >= 11 is 0. The molecule has 4 aromatic carbocycles. The number of benzene rings is 4. The predicted octanol–water partition coefficient (Wildman–Crippen LogP) is 5.10. The molecule has 184 valence electrons. The molecular weight excluding hydrogens is 516 g/mol. The van der Waals surface area contributed by atoms with E-state index in [0.717, 1.165) is 27.6 Å². The highest BCUT2D eigenvalue weighted by atomic mass is 32.2. The summed E-state index contributed by atoms with van der Waals surface area (Å²) in [5.41, 5.74) is 5.44. The van der Waals surface area contributed by atoms with Gasteiger partial charge in [0.25, 0.3) is 0 Å². The molecule has 38 heavy (non-hydrogen) atoms. The SMILES string of the molecule is O=C1C2C3=C(Cc4ccccc43)S(=O)(=O)c3ccc4ccc5c(c4c32)C1C1=C(Cc2ccccc21)S5(=O)=O. The van der Waals surface area contributed by atoms with E-state index in [1.807, 2.05) is 48.5 Å². The van der Waals surface area contributed by atoms with Gasteiger partial charge in [-0.3, -0.25) is 4.79 Å². The maximum absolute atomic E-state index is 14.8. The van der Waals surface area contributed by atoms with Gasteiger partial charge in [0.05, 0.1) is 31.4 Å². The van der Waals surface area contributed by atoms with Crippen LogP contribution in [0.2, 0.25) is 0 Å². The molecule has 0 saturated heterocycles. The Morgan fingerprint density at radius 3 is 1.50 bits per heavy atom. The van der Waals surface area contributed by atoms with Gasteiger partial charge in [0.15, 0.2) is 5.78 Å². The molecule has 2 heterocycles. The summed E-state index contributed by atoms with van der Waals surface area (Å²) in [6, 6.07) is 21.9. The second kappa shape index (κ2) is 6.42. The van der Waals surface area contributed by atoms with Crippen LogP contribution in [-0.2, 0) is 37.3 Å². The summed E-state index contributed by atoms with van der Waals surface area (Å²) in [6.07, 6.45) is 0.523. The van der Waals surface area contributed by atoms with Gasteiger partial charge in [-0.1, -0.05) is 60.7 Å². The minimum atomic E-state index is -3.87. The Kier molecular flexibility index (Phi) is 3.57. The highest BCUT2D eigenvalue weighted by Gasteiger charge is 2.54. The summed E-state index contributed by atoms with van der Waals surface area (Å²) in [4.78, 5) is 15.7. The van der Waals surface area contributed by atoms with E-state index >= 15 is 0 Å². The molecule has 5 aliphatic rings. The standard InChI is InChI=1S/C31H18O5S2/c32-31-29-25-18-7-3-1-5-16(18)13-22(25)37(33,34)20-11-9-15-10-12-21-28(24(15)27(20)29)30(31)26-19-8-4-2-6-17(19)14-23(26)38(21,35)36/h1-12,29-30H,13-14H2. The van der Waals surface area contributed by atoms with Crippen LogP contribution >= 0.6 is 0 Å². The van der Waals surface area contributed by atoms with Crippen LogP contribution in [0.3, 0.4) is 0 Å². The lowest BCUT2D eigenvalue weighted by atomic mass is 9.67. The Hall–Kier alpha value is -3.81. The zero-order valence-corrected chi connectivity index (χ0v) is 21.5. The van der Waals surface area contributed by atoms with Gasteiger partial charge in [0, 0.05) is 12.8 Å². The fourth-order valence-corrected chi connectivity index (χ4v) is 11.4. The Bertz CT molecular complexity index is 2030. The van der Waals surface area contributed by atoms with Crippen molar-refractivity contribution in [3.05, 3.63) is 116 Å². The third-order valence-electron chi connectivity index (χ3n) is 9.06. The first-order chi connectivity index (χ1) is 18.3. The third kappa shape index (κ3) is 2.17. The van der Waals surface area contributed by atoms with Crippen LogP contribution in [0.1, 0.15) is 45.2 Å². The van der Waals surface area contributed by atoms with Crippen molar-refractivity contribution in [1.82, 2.24) is 0 Å². The molecule has 9 rings (SSSR count). The first-order valence-corrected chi connectivity index (χ1v) is 15.5. The maximum Gasteiger partial charge on any atom is 0.203 e. The summed E-state index contributed by atoms with van der Waals surface area (Å²) < 4.78 is 56.0. The molecule has 0 spiro atoms. The number of carbonyl (C=O) groups is 1. The molecule has 0 radical (unpaired) electrons. The Morgan fingerprint density at radius 2 is 1.03 bits per heavy atom. The normalized spacial score (nSPS) is 24.3. The number of rotatable bonds is 0. The second-order valence-electron chi connectivity index (χ2n) is 10.7. The van der Waals surface area contributed by atoms with Crippen molar-refractivity contribution < 1.29 is 21.6 Å². The van der Waals surface area contributed by atoms with Gasteiger partial charge in [-0.25, -0.2) is 16.8 Å². The smallest absolute Gasteiger partial charge is 0.203 e. The molecule has 2 unspecified atom stereocenters. The molecule has 5 nitrogen and oxygen atoms in total. The quantitative estimate of drug-likeness (QED) is 0.313. The van der Waals surface area contributed by atoms with Crippen LogP contribution in [0.4, 0.5) is 0 Å². The lowest BCUT2D eigenvalue weighted by Crippen LogP contribution is -2.35. The summed E-state index contributed by atoms with van der Waals surface area (Å²) in [6.45, 7) is 0. The van der Waals surface area contributed by atoms with Crippen LogP contribution in [0, 0.1) is 0 Å². The number of hydrogen-bond donors (Lipinski definition) is 0. The minimum Gasteiger partial charge on any atom is -0.298 e. The largest absolute Gasteiger partial charge is 0.298 e. The average Bonchev–Trinajstić information content (AvgIpc) is 3.49. The zero-order chi connectivity index (χ0) is 25.7. The van der Waals surface area contributed by atoms with Gasteiger partial charge in [-0.2, -0.15) is 0 Å². The Morgan fingerprint density at radius 1 is 0.579 bits per heavy atom. The van der Waals surface area contributed by atoms with Crippen molar-refractivity contribution in [3.63, 3.8) is 0 Å². The molecule has 0 bridgehead atoms. The van der Waals surface area contributed by atoms with Gasteiger partial charge in [0.1, 0.15) is 0 Å². The van der Waals surface area contributed by atoms with Crippen LogP contribution in [-0.4, -0.2) is 22.6 Å². The van der Waals surface area contributed by atoms with E-state index in [4.69, 9.17) is 0 Å². The molecule has 7 heteroatoms. The van der Waals surface area contributed by atoms with Crippen LogP contribution in [0.5, 0.6) is 0 Å². The van der Waals surface area contributed by atoms with E-state index in [9.17, 15) is 21.6 Å². The fraction of sp³-hybridized carbons (Fsp3) is 0.129. The zero-order valence-electron chi connectivity index (χ0n) is 19.9. The van der Waals surface area contributed by atoms with Crippen molar-refractivity contribution in [2.75, 3.05) is 0 Å². The summed E-state index contributed by atoms with van der Waals surface area (Å²) in [5.74, 6) is -1.69. The van der Waals surface area contributed by atoms with Crippen LogP contribution in [0.25, 0.3) is 21.9 Å². The Labute approximate surface area is 219 Å². The van der Waals surface area contributed by atoms with E-state index in [0.29, 0.717) is 37.5 Å². The van der Waals surface area contributed by atoms with E-state index < -0.39 is 31.5 Å². The first kappa shape index (κ1) is 21.2. The minimum absolute atomic E-state index is 0.130. The lowest BCUT2D eigenvalue weighted by Gasteiger charge is -2.39. The van der Waals surface area contributed by atoms with E-state index in [1.165, 1.54) is 0 Å². The molecule has 0 N–H and O–H groups in total. The highest BCUT2D eigenvalue weighted by Crippen LogP contribution is 2.62. The van der Waals surface area contributed by atoms with E-state index in [-0.39, 0.29) is 28.4 Å². The first-order valence-electron chi connectivity index (χ1n) is 12.6. The molecular formula is C31H18O5S2. The van der Waals surface area contributed by atoms with Crippen molar-refractivity contribution >= 4 is 47.4 Å². The Balaban J connectivity index is 1.48. The number of hydrogen-bond acceptors (Lipinski definition) is 5. The summed E-state index contributed by atoms with van der Waals surface area (Å²) in [7, 11) is -7.73. The number of ketones is 1. The number of Topliss-reactive ketones (excluding diaryl/α,β-unsaturated/α-hetero) is 1. The molecule has 0 aromatic heterocycles. The topological polar surface area (TPSA) is 85.3 Å². The highest BCUT2D eigenvalue weighted by molar-refractivity contribution is 7.96. The lowest BCUT2D eigenvalue weighted by molar-refractivity contribution is -0.119. The van der Waals surface area contributed by atoms with Crippen molar-refractivity contribution in [2.45, 2.75) is 34.5 Å². The van der Waals surface area contributed by atoms with Crippen LogP contribution in [0.15, 0.2) is 92.4 Å². The van der Waals surface area contributed by atoms with Crippen molar-refractivity contribution in [1.29, 1.82) is 0 Å². The average molecular weight is 535 g/mol. The maximum atomic E-state index is 14.8. The number of fused-ring (bicyclic) bond motifs is 6. The van der Waals surface area contributed by atoms with Gasteiger partial charge in [0.2, 0.25) is 19.7 Å². The molecule has 2 atom stereocenters. The van der Waals surface area contributed by atoms with Crippen molar-refractivity contribution in [2.24, 2.45) is 0 Å². The predicted molar refractivity (Wildman–Crippen MR) is 143 cm³/mol. The van der Waals surface area contributed by atoms with Gasteiger partial charge >= 0.3 is 0 Å². The third-order valence-corrected chi connectivity index (χ3v) is 13.0. The van der Waals surface area contributed by atoms with Gasteiger partial charge < -0.3 is 0 Å². The fourth-order valence-electron chi connectivity index (χ4n) is 7.59. The molecule has 0 saturated carbocycles. The summed E-state index contributed by atoms with van der Waals surface area (Å²) in [5, 5.41) is 1.36. The second-order valence-corrected chi connectivity index (χ2v) is 14.5. The molecule has 0 fully saturated rings. The van der Waals surface area contributed by atoms with E-state index in [2.05, 4.69) is 0 Å². The van der Waals surface area contributed by atoms with E-state index in [1.54, 1.807) is 24.3 Å². The molecule has 4 aromatic rings. The number of sulfone groups is 2. The monoisotopic (exact) mass is 534 g/mol. The van der Waals surface area contributed by atoms with Gasteiger partial charge in [-0.05, 0) is 67.4 Å². The number of carbonyl (C=O) groups excluding carboxylic acids is 1. The molecule has 3 aliphatic carbocycles. The van der Waals surface area contributed by atoms with Crippen LogP contribution < -0.4 is 0 Å². The van der Waals surface area contributed by atoms with Gasteiger partial charge in [-0.15, -0.1) is 0 Å². The molecule has 0 amide bonds.